The largest absolute Gasteiger partial charge is 0.544 e. The number of fused-ring (bicyclic) bond motifs is 2. The van der Waals surface area contributed by atoms with E-state index in [0.717, 1.165) is 5.56 Å². The van der Waals surface area contributed by atoms with Crippen molar-refractivity contribution in [2.24, 2.45) is 5.92 Å². The van der Waals surface area contributed by atoms with Crippen LogP contribution in [0.25, 0.3) is 0 Å². The summed E-state index contributed by atoms with van der Waals surface area (Å²) in [6, 6.07) is 0.107. The minimum absolute atomic E-state index is 0.0116. The van der Waals surface area contributed by atoms with Crippen LogP contribution in [0.15, 0.2) is 24.3 Å². The second-order valence-corrected chi connectivity index (χ2v) is 66.5. The van der Waals surface area contributed by atoms with Crippen molar-refractivity contribution >= 4 is 92.4 Å². The second kappa shape index (κ2) is 30.9. The average Bonchev–Trinajstić information content (AvgIpc) is 1.58. The molecule has 6 amide bonds. The van der Waals surface area contributed by atoms with Crippen LogP contribution in [0.5, 0.6) is 5.75 Å². The third kappa shape index (κ3) is 21.1. The molecule has 1 aromatic rings. The van der Waals surface area contributed by atoms with Gasteiger partial charge in [0.2, 0.25) is 37.9 Å². The fraction of sp³-hybridized carbons (Fsp3) is 0.829. The van der Waals surface area contributed by atoms with Crippen molar-refractivity contribution < 1.29 is 60.0 Å². The molecule has 560 valence electrons. The summed E-state index contributed by atoms with van der Waals surface area (Å²) in [6.45, 7) is 69.9. The summed E-state index contributed by atoms with van der Waals surface area (Å²) in [7, 11) is -16.4. The molecule has 6 N–H and O–H groups in total. The number of carbonyl (C=O) groups excluding carboxylic acids is 6. The van der Waals surface area contributed by atoms with Gasteiger partial charge in [0, 0.05) is 32.0 Å². The molecule has 0 aromatic heterocycles. The van der Waals surface area contributed by atoms with E-state index in [0.29, 0.717) is 12.3 Å². The highest BCUT2D eigenvalue weighted by molar-refractivity contribution is 6.76. The van der Waals surface area contributed by atoms with E-state index in [9.17, 15) is 0 Å². The van der Waals surface area contributed by atoms with Gasteiger partial charge in [0.25, 0.3) is 5.91 Å². The maximum atomic E-state index is 16.7. The van der Waals surface area contributed by atoms with Gasteiger partial charge in [0.05, 0.1) is 43.1 Å². The van der Waals surface area contributed by atoms with Crippen molar-refractivity contribution in [1.82, 2.24) is 41.8 Å². The molecule has 0 spiro atoms. The lowest BCUT2D eigenvalue weighted by molar-refractivity contribution is -0.146. The molecular formula is C70H135BN8O13Si6. The van der Waals surface area contributed by atoms with Crippen molar-refractivity contribution in [3.05, 3.63) is 29.8 Å². The Hall–Kier alpha value is -3.11. The van der Waals surface area contributed by atoms with Crippen molar-refractivity contribution in [1.29, 1.82) is 0 Å². The first-order chi connectivity index (χ1) is 44.1. The summed E-state index contributed by atoms with van der Waals surface area (Å²) in [5.74, 6) is -3.25. The highest BCUT2D eigenvalue weighted by Crippen LogP contribution is 2.45. The Morgan fingerprint density at radius 3 is 1.43 bits per heavy atom. The number of hydrogen-bond donors (Lipinski definition) is 6. The lowest BCUT2D eigenvalue weighted by atomic mass is 9.93. The first-order valence-corrected chi connectivity index (χ1v) is 53.6. The molecule has 28 heteroatoms. The molecule has 0 aliphatic carbocycles. The molecular weight excluding hydrogens is 1340 g/mol. The molecule has 21 nitrogen and oxygen atoms in total. The molecule has 12 atom stereocenters. The minimum atomic E-state index is -2.94. The number of amides is 6. The average molecular weight is 1480 g/mol. The van der Waals surface area contributed by atoms with Crippen LogP contribution in [0.3, 0.4) is 0 Å². The third-order valence-electron chi connectivity index (χ3n) is 23.8. The summed E-state index contributed by atoms with van der Waals surface area (Å²) in [4.78, 5) is 99.4. The Morgan fingerprint density at radius 1 is 0.541 bits per heavy atom. The van der Waals surface area contributed by atoms with Gasteiger partial charge in [-0.3, -0.25) is 34.2 Å². The van der Waals surface area contributed by atoms with E-state index in [-0.39, 0.29) is 70.0 Å². The van der Waals surface area contributed by atoms with Crippen LogP contribution >= 0.6 is 0 Å². The van der Waals surface area contributed by atoms with Crippen molar-refractivity contribution in [2.45, 2.75) is 340 Å². The van der Waals surface area contributed by atoms with Crippen LogP contribution < -0.4 is 36.5 Å². The van der Waals surface area contributed by atoms with Gasteiger partial charge in [-0.15, -0.1) is 0 Å². The molecule has 0 saturated carbocycles. The number of hydrazine groups is 1. The Labute approximate surface area is 598 Å². The zero-order chi connectivity index (χ0) is 75.2. The maximum absolute atomic E-state index is 16.7. The van der Waals surface area contributed by atoms with E-state index < -0.39 is 164 Å². The van der Waals surface area contributed by atoms with E-state index in [1.54, 1.807) is 13.8 Å². The quantitative estimate of drug-likeness (QED) is 0.0557. The number of benzene rings is 1. The van der Waals surface area contributed by atoms with Crippen molar-refractivity contribution in [3.8, 4) is 5.75 Å². The molecule has 98 heavy (non-hydrogen) atoms. The van der Waals surface area contributed by atoms with Crippen LogP contribution in [-0.4, -0.2) is 195 Å². The molecule has 0 bridgehead atoms. The zero-order valence-corrected chi connectivity index (χ0v) is 73.0. The van der Waals surface area contributed by atoms with Gasteiger partial charge < -0.3 is 62.2 Å². The monoisotopic (exact) mass is 1470 g/mol. The van der Waals surface area contributed by atoms with Crippen LogP contribution in [0.1, 0.15) is 164 Å². The minimum Gasteiger partial charge on any atom is -0.544 e. The lowest BCUT2D eigenvalue weighted by Gasteiger charge is -2.43. The topological polar surface area (TPSA) is 249 Å². The van der Waals surface area contributed by atoms with E-state index in [1.807, 2.05) is 31.2 Å². The van der Waals surface area contributed by atoms with E-state index in [2.05, 4.69) is 235 Å². The second-order valence-electron chi connectivity index (χ2n) is 38.0. The Kier molecular flexibility index (Phi) is 27.0. The van der Waals surface area contributed by atoms with E-state index >= 15 is 28.8 Å². The molecule has 4 saturated heterocycles. The maximum Gasteiger partial charge on any atom is 0.405 e. The molecule has 4 fully saturated rings. The van der Waals surface area contributed by atoms with Crippen LogP contribution in [0.4, 0.5) is 0 Å². The molecule has 1 aromatic carbocycles. The van der Waals surface area contributed by atoms with Gasteiger partial charge in [-0.1, -0.05) is 144 Å². The predicted octanol–water partition coefficient (Wildman–Crippen LogP) is 11.5. The molecule has 5 rings (SSSR count). The number of nitrogens with one attached hydrogen (secondary N) is 6. The number of hydrogen-bond acceptors (Lipinski definition) is 15. The zero-order valence-electron chi connectivity index (χ0n) is 67.0. The van der Waals surface area contributed by atoms with Crippen LogP contribution in [-0.2, 0) is 62.0 Å². The highest BCUT2D eigenvalue weighted by Gasteiger charge is 2.56. The highest BCUT2D eigenvalue weighted by atomic mass is 28.4. The van der Waals surface area contributed by atoms with Gasteiger partial charge in [-0.25, -0.2) is 5.43 Å². The van der Waals surface area contributed by atoms with Gasteiger partial charge in [0.1, 0.15) is 36.0 Å². The summed E-state index contributed by atoms with van der Waals surface area (Å²) >= 11 is 0. The summed E-state index contributed by atoms with van der Waals surface area (Å²) in [6.07, 6.45) is -4.10. The van der Waals surface area contributed by atoms with Crippen LogP contribution in [0.2, 0.25) is 109 Å². The molecule has 4 aliphatic rings. The van der Waals surface area contributed by atoms with E-state index in [1.165, 1.54) is 9.80 Å². The fourth-order valence-corrected chi connectivity index (χ4v) is 19.0. The number of rotatable bonds is 19. The molecule has 4 aliphatic heterocycles. The van der Waals surface area contributed by atoms with E-state index in [4.69, 9.17) is 31.2 Å². The van der Waals surface area contributed by atoms with Gasteiger partial charge in [0.15, 0.2) is 41.6 Å². The first-order valence-electron chi connectivity index (χ1n) is 36.2. The van der Waals surface area contributed by atoms with Crippen LogP contribution in [0, 0.1) is 5.92 Å². The SMILES string of the molecule is CC(O[Si](C)(C)C(C)(C)C)[C@@H]1NC(=O)[C@H]([C@@H](Cc2ccc(O[Si](C)(C)C(C)(C)C)cc2)O[Si](C)(C)C(C)(C)C)NC(=O)[C@@H]2C[C@@H](O[Si](C)(C)C(C)(C)C)CN2C(=O)[C@H](C(C)O[Si](C)(C)C(C)(C)C)NC(=O)[C@@H](NB2CO2)CCNNC(=O)[C@@H]2[C@@H](O[Si](C)(C)C(C)(C)C)[C@@H](C)CN2C1=O. The Bertz CT molecular complexity index is 2950. The lowest BCUT2D eigenvalue weighted by Crippen LogP contribution is -2.66. The molecule has 4 heterocycles. The van der Waals surface area contributed by atoms with Gasteiger partial charge in [-0.05, 0) is 153 Å². The van der Waals surface area contributed by atoms with Crippen molar-refractivity contribution in [2.75, 3.05) is 26.1 Å². The summed E-state index contributed by atoms with van der Waals surface area (Å²) in [5, 5.41) is 11.3. The van der Waals surface area contributed by atoms with Crippen molar-refractivity contribution in [3.63, 3.8) is 0 Å². The standard InChI is InChI=1S/C70H135BN8O13Si6/c1-45-42-79-57(58(45)92-98(32,33)70(19,20)21)62(83)77-72-39-38-51(76-71-44-86-71)59(80)73-54(46(2)87-93(22,23)65(4,5)6)63(84)78-43-50(90-96(28,29)68(13,14)15)41-52(78)60(81)75-56(61(82)74-55(64(79)85)47(3)88-94(24,25)66(7,8)9)53(91-97(30,31)69(16,17)18)40-48-34-36-49(37-35-48)89-95(26,27)67(10,11)12/h34-37,45-47,50-58,72,76H,38-44H2,1-33H3,(H,73,80)(H,74,82)(H,75,81)(H,77,83)/t45-,46?,47?,50+,51-,52-,53+,54-,55-,56-,57-,58-/m0/s1. The normalized spacial score (nSPS) is 26.1. The molecule has 0 radical (unpaired) electrons. The first kappa shape index (κ1) is 85.5. The summed E-state index contributed by atoms with van der Waals surface area (Å²) < 4.78 is 48.6. The number of carbonyl (C=O) groups is 6. The number of nitrogens with zero attached hydrogens (tertiary/aromatic N) is 2. The molecule has 2 unspecified atom stereocenters. The smallest absolute Gasteiger partial charge is 0.405 e. The van der Waals surface area contributed by atoms with Gasteiger partial charge in [-0.2, -0.15) is 0 Å². The van der Waals surface area contributed by atoms with Gasteiger partial charge >= 0.3 is 7.05 Å². The Morgan fingerprint density at radius 2 is 0.969 bits per heavy atom. The summed E-state index contributed by atoms with van der Waals surface area (Å²) in [5.41, 5.74) is 6.82. The fourth-order valence-electron chi connectivity index (χ4n) is 11.1. The predicted molar refractivity (Wildman–Crippen MR) is 410 cm³/mol. The Balaban J connectivity index is 1.88. The third-order valence-corrected chi connectivity index (χ3v) is 50.8.